The van der Waals surface area contributed by atoms with E-state index < -0.39 is 41.6 Å². The van der Waals surface area contributed by atoms with Crippen molar-refractivity contribution < 1.29 is 34.0 Å². The van der Waals surface area contributed by atoms with Crippen LogP contribution in [0, 0.1) is 23.7 Å². The standard InChI is InChI=1S/C33H48O7/c1-19(2)29-22(5)12-13-32(40-29)17-26-16-25(39-32)11-10-21(4)14-20(3)8-7-9-24-18-37-30-28(34)23(6)15-27(31(35)38-26)33(24,30)36/h7-10,15,19-20,22,25-30,34,36H,11-14,16-18H2,1-6H3/t20?,22?,25?,26?,27?,28?,29?,30?,32-,33-/m1/s1. The molecule has 1 spiro atoms. The van der Waals surface area contributed by atoms with E-state index in [0.29, 0.717) is 35.8 Å². The van der Waals surface area contributed by atoms with E-state index in [9.17, 15) is 15.0 Å². The Hall–Kier alpha value is -1.77. The summed E-state index contributed by atoms with van der Waals surface area (Å²) in [5.74, 6) is -1.22. The third-order valence-electron chi connectivity index (χ3n) is 9.67. The summed E-state index contributed by atoms with van der Waals surface area (Å²) in [4.78, 5) is 13.9. The normalized spacial score (nSPS) is 44.5. The highest BCUT2D eigenvalue weighted by Gasteiger charge is 2.60. The number of carbonyl (C=O) groups excluding carboxylic acids is 1. The predicted molar refractivity (Wildman–Crippen MR) is 152 cm³/mol. The van der Waals surface area contributed by atoms with E-state index in [2.05, 4.69) is 46.8 Å². The van der Waals surface area contributed by atoms with Gasteiger partial charge in [0.1, 0.15) is 29.8 Å². The first-order valence-electron chi connectivity index (χ1n) is 15.2. The zero-order valence-corrected chi connectivity index (χ0v) is 25.0. The van der Waals surface area contributed by atoms with Crippen LogP contribution in [-0.2, 0) is 23.7 Å². The summed E-state index contributed by atoms with van der Waals surface area (Å²) in [6, 6.07) is 0. The molecule has 0 aromatic heterocycles. The van der Waals surface area contributed by atoms with E-state index in [0.717, 1.165) is 25.7 Å². The van der Waals surface area contributed by atoms with Crippen LogP contribution in [0.2, 0.25) is 0 Å². The molecule has 4 heterocycles. The second kappa shape index (κ2) is 11.5. The molecule has 0 aromatic carbocycles. The van der Waals surface area contributed by atoms with E-state index in [1.54, 1.807) is 13.0 Å². The van der Waals surface area contributed by atoms with Crippen molar-refractivity contribution in [3.05, 3.63) is 47.1 Å². The highest BCUT2D eigenvalue weighted by atomic mass is 16.7. The molecule has 10 atom stereocenters. The number of aliphatic hydroxyl groups is 2. The molecule has 5 rings (SSSR count). The Morgan fingerprint density at radius 3 is 2.65 bits per heavy atom. The summed E-state index contributed by atoms with van der Waals surface area (Å²) in [7, 11) is 0. The van der Waals surface area contributed by atoms with Gasteiger partial charge in [0.25, 0.3) is 0 Å². The van der Waals surface area contributed by atoms with Crippen LogP contribution in [0.15, 0.2) is 47.1 Å². The minimum atomic E-state index is -1.68. The van der Waals surface area contributed by atoms with Gasteiger partial charge in [-0.15, -0.1) is 0 Å². The summed E-state index contributed by atoms with van der Waals surface area (Å²) < 4.78 is 25.6. The maximum absolute atomic E-state index is 13.9. The number of esters is 1. The van der Waals surface area contributed by atoms with Gasteiger partial charge in [-0.1, -0.05) is 63.6 Å². The van der Waals surface area contributed by atoms with Crippen molar-refractivity contribution in [1.29, 1.82) is 0 Å². The quantitative estimate of drug-likeness (QED) is 0.340. The van der Waals surface area contributed by atoms with E-state index >= 15 is 0 Å². The number of hydrogen-bond donors (Lipinski definition) is 2. The molecular formula is C33H48O7. The van der Waals surface area contributed by atoms with Crippen molar-refractivity contribution in [3.63, 3.8) is 0 Å². The lowest BCUT2D eigenvalue weighted by Gasteiger charge is -2.50. The molecular weight excluding hydrogens is 508 g/mol. The van der Waals surface area contributed by atoms with Crippen molar-refractivity contribution in [2.24, 2.45) is 23.7 Å². The van der Waals surface area contributed by atoms with Gasteiger partial charge in [0, 0.05) is 19.3 Å². The first kappa shape index (κ1) is 29.7. The fourth-order valence-electron chi connectivity index (χ4n) is 7.48. The Labute approximate surface area is 239 Å². The van der Waals surface area contributed by atoms with Gasteiger partial charge in [-0.2, -0.15) is 0 Å². The monoisotopic (exact) mass is 556 g/mol. The van der Waals surface area contributed by atoms with Crippen LogP contribution < -0.4 is 0 Å². The first-order chi connectivity index (χ1) is 18.9. The molecule has 222 valence electrons. The molecule has 7 heteroatoms. The third kappa shape index (κ3) is 5.65. The predicted octanol–water partition coefficient (Wildman–Crippen LogP) is 5.17. The lowest BCUT2D eigenvalue weighted by molar-refractivity contribution is -0.340. The Kier molecular flexibility index (Phi) is 8.53. The summed E-state index contributed by atoms with van der Waals surface area (Å²) in [6.45, 7) is 12.8. The second-order valence-corrected chi connectivity index (χ2v) is 13.4. The average Bonchev–Trinajstić information content (AvgIpc) is 3.23. The zero-order valence-electron chi connectivity index (χ0n) is 25.0. The van der Waals surface area contributed by atoms with Crippen LogP contribution >= 0.6 is 0 Å². The van der Waals surface area contributed by atoms with Gasteiger partial charge in [-0.05, 0) is 62.0 Å². The van der Waals surface area contributed by atoms with Crippen LogP contribution in [0.1, 0.15) is 80.1 Å². The molecule has 0 radical (unpaired) electrons. The fourth-order valence-corrected chi connectivity index (χ4v) is 7.48. The topological polar surface area (TPSA) is 94.5 Å². The number of ether oxygens (including phenoxy) is 4. The van der Waals surface area contributed by atoms with Gasteiger partial charge >= 0.3 is 5.97 Å². The van der Waals surface area contributed by atoms with Crippen LogP contribution in [0.5, 0.6) is 0 Å². The average molecular weight is 557 g/mol. The third-order valence-corrected chi connectivity index (χ3v) is 9.67. The van der Waals surface area contributed by atoms with Gasteiger partial charge in [0.15, 0.2) is 5.79 Å². The number of rotatable bonds is 1. The summed E-state index contributed by atoms with van der Waals surface area (Å²) in [5.41, 5.74) is 0.780. The molecule has 3 fully saturated rings. The van der Waals surface area contributed by atoms with E-state index in [-0.39, 0.29) is 24.7 Å². The van der Waals surface area contributed by atoms with Crippen molar-refractivity contribution in [3.8, 4) is 0 Å². The molecule has 5 aliphatic rings. The van der Waals surface area contributed by atoms with Crippen molar-refractivity contribution in [1.82, 2.24) is 0 Å². The van der Waals surface area contributed by atoms with E-state index in [4.69, 9.17) is 18.9 Å². The summed E-state index contributed by atoms with van der Waals surface area (Å²) in [5, 5.41) is 22.9. The van der Waals surface area contributed by atoms with Gasteiger partial charge < -0.3 is 29.2 Å². The summed E-state index contributed by atoms with van der Waals surface area (Å²) in [6.07, 6.45) is 11.8. The maximum Gasteiger partial charge on any atom is 0.316 e. The largest absolute Gasteiger partial charge is 0.462 e. The Balaban J connectivity index is 1.51. The zero-order chi connectivity index (χ0) is 28.8. The molecule has 8 unspecified atom stereocenters. The van der Waals surface area contributed by atoms with Gasteiger partial charge in [0.05, 0.1) is 18.8 Å². The number of aliphatic hydroxyl groups excluding tert-OH is 1. The molecule has 0 amide bonds. The van der Waals surface area contributed by atoms with Crippen LogP contribution in [0.25, 0.3) is 0 Å². The number of fused-ring (bicyclic) bond motifs is 2. The van der Waals surface area contributed by atoms with Crippen molar-refractivity contribution >= 4 is 5.97 Å². The van der Waals surface area contributed by atoms with Gasteiger partial charge in [0.2, 0.25) is 0 Å². The number of allylic oxidation sites excluding steroid dienone is 4. The highest BCUT2D eigenvalue weighted by Crippen LogP contribution is 2.47. The Bertz CT molecular complexity index is 1090. The fraction of sp³-hybridized carbons (Fsp3) is 0.727. The van der Waals surface area contributed by atoms with Crippen molar-refractivity contribution in [2.45, 2.75) is 122 Å². The second-order valence-electron chi connectivity index (χ2n) is 13.4. The Morgan fingerprint density at radius 1 is 1.12 bits per heavy atom. The molecule has 40 heavy (non-hydrogen) atoms. The van der Waals surface area contributed by atoms with Crippen LogP contribution in [0.4, 0.5) is 0 Å². The number of carbonyl (C=O) groups is 1. The van der Waals surface area contributed by atoms with E-state index in [1.807, 2.05) is 12.2 Å². The van der Waals surface area contributed by atoms with Crippen LogP contribution in [0.3, 0.4) is 0 Å². The smallest absolute Gasteiger partial charge is 0.316 e. The van der Waals surface area contributed by atoms with E-state index in [1.165, 1.54) is 5.57 Å². The molecule has 4 aliphatic heterocycles. The highest BCUT2D eigenvalue weighted by molar-refractivity contribution is 5.78. The maximum atomic E-state index is 13.9. The minimum Gasteiger partial charge on any atom is -0.462 e. The molecule has 3 saturated heterocycles. The molecule has 0 aromatic rings. The SMILES string of the molecule is CC1=CCC2CC(C[C@]3(CCC(C)C(C(C)C)O3)O2)OC(=O)C2C=C(C)C(O)C3OCC(=CC=CC(C)C1)[C@@]23O. The molecule has 0 saturated carbocycles. The molecule has 1 aliphatic carbocycles. The van der Waals surface area contributed by atoms with Gasteiger partial charge in [-0.25, -0.2) is 0 Å². The molecule has 2 bridgehead atoms. The van der Waals surface area contributed by atoms with Crippen molar-refractivity contribution in [2.75, 3.05) is 6.61 Å². The summed E-state index contributed by atoms with van der Waals surface area (Å²) >= 11 is 0. The minimum absolute atomic E-state index is 0.0712. The molecule has 2 N–H and O–H groups in total. The van der Waals surface area contributed by atoms with Gasteiger partial charge in [-0.3, -0.25) is 4.79 Å². The molecule has 7 nitrogen and oxygen atoms in total. The first-order valence-corrected chi connectivity index (χ1v) is 15.2. The Morgan fingerprint density at radius 2 is 1.90 bits per heavy atom. The van der Waals surface area contributed by atoms with Crippen LogP contribution in [-0.4, -0.2) is 64.7 Å². The lowest BCUT2D eigenvalue weighted by atomic mass is 9.71. The number of hydrogen-bond acceptors (Lipinski definition) is 7. The lowest BCUT2D eigenvalue weighted by Crippen LogP contribution is -2.58.